The van der Waals surface area contributed by atoms with Gasteiger partial charge in [0.25, 0.3) is 0 Å². The van der Waals surface area contributed by atoms with Crippen molar-refractivity contribution in [1.29, 1.82) is 0 Å². The monoisotopic (exact) mass is 401 g/mol. The second-order valence-corrected chi connectivity index (χ2v) is 7.05. The molecule has 2 heterocycles. The van der Waals surface area contributed by atoms with Crippen molar-refractivity contribution in [2.24, 2.45) is 0 Å². The van der Waals surface area contributed by atoms with E-state index in [4.69, 9.17) is 27.6 Å². The summed E-state index contributed by atoms with van der Waals surface area (Å²) in [7, 11) is 0. The van der Waals surface area contributed by atoms with Gasteiger partial charge in [-0.25, -0.2) is 9.78 Å². The van der Waals surface area contributed by atoms with Crippen LogP contribution < -0.4 is 10.5 Å². The zero-order chi connectivity index (χ0) is 19.1. The lowest BCUT2D eigenvalue weighted by Crippen LogP contribution is -2.21. The number of fused-ring (bicyclic) bond motifs is 2. The van der Waals surface area contributed by atoms with Gasteiger partial charge in [0.05, 0.1) is 10.5 Å². The molecule has 0 unspecified atom stereocenters. The Morgan fingerprint density at radius 2 is 1.89 bits per heavy atom. The highest BCUT2D eigenvalue weighted by atomic mass is 35.5. The first-order chi connectivity index (χ1) is 13.0. The number of anilines is 1. The third-order valence-electron chi connectivity index (χ3n) is 4.61. The summed E-state index contributed by atoms with van der Waals surface area (Å²) < 4.78 is 5.58. The van der Waals surface area contributed by atoms with Gasteiger partial charge in [0, 0.05) is 35.3 Å². The summed E-state index contributed by atoms with van der Waals surface area (Å²) in [5.74, 6) is 0.401. The predicted octanol–water partition coefficient (Wildman–Crippen LogP) is 5.49. The quantitative estimate of drug-likeness (QED) is 0.459. The molecule has 0 aliphatic rings. The third kappa shape index (κ3) is 3.17. The van der Waals surface area contributed by atoms with Gasteiger partial charge >= 0.3 is 5.63 Å². The van der Waals surface area contributed by atoms with Gasteiger partial charge in [0.15, 0.2) is 0 Å². The van der Waals surface area contributed by atoms with E-state index < -0.39 is 5.63 Å². The third-order valence-corrected chi connectivity index (χ3v) is 5.11. The van der Waals surface area contributed by atoms with Crippen LogP contribution in [-0.2, 0) is 0 Å². The molecule has 4 rings (SSSR count). The fraction of sp³-hybridized carbons (Fsp3) is 0.200. The lowest BCUT2D eigenvalue weighted by Gasteiger charge is -2.20. The van der Waals surface area contributed by atoms with E-state index in [0.29, 0.717) is 38.0 Å². The van der Waals surface area contributed by atoms with Gasteiger partial charge < -0.3 is 14.3 Å². The first-order valence-corrected chi connectivity index (χ1v) is 9.43. The molecule has 0 radical (unpaired) electrons. The maximum absolute atomic E-state index is 12.6. The standard InChI is InChI=1S/C20H17Cl2N3O2/c1-3-25(4-2)13-6-5-11-7-14(20(26)27-17(11)10-13)19-23-16-9-12(21)8-15(22)18(16)24-19/h5-10H,3-4H2,1-2H3,(H,23,24). The average molecular weight is 402 g/mol. The normalized spacial score (nSPS) is 11.4. The molecule has 0 aliphatic heterocycles. The van der Waals surface area contributed by atoms with Crippen LogP contribution in [0.25, 0.3) is 33.4 Å². The van der Waals surface area contributed by atoms with Gasteiger partial charge in [-0.15, -0.1) is 0 Å². The minimum atomic E-state index is -0.458. The average Bonchev–Trinajstić information content (AvgIpc) is 3.06. The molecule has 2 aromatic carbocycles. The molecular formula is C20H17Cl2N3O2. The fourth-order valence-corrected chi connectivity index (χ4v) is 3.76. The Morgan fingerprint density at radius 1 is 1.11 bits per heavy atom. The van der Waals surface area contributed by atoms with E-state index in [1.54, 1.807) is 18.2 Å². The van der Waals surface area contributed by atoms with Crippen molar-refractivity contribution in [3.05, 3.63) is 56.9 Å². The Balaban J connectivity index is 1.85. The number of rotatable bonds is 4. The Hall–Kier alpha value is -2.50. The topological polar surface area (TPSA) is 62.1 Å². The van der Waals surface area contributed by atoms with Crippen molar-refractivity contribution >= 4 is 50.9 Å². The Bertz CT molecular complexity index is 1210. The smallest absolute Gasteiger partial charge is 0.347 e. The summed E-state index contributed by atoms with van der Waals surface area (Å²) in [6.45, 7) is 5.94. The summed E-state index contributed by atoms with van der Waals surface area (Å²) in [6, 6.07) is 11.0. The number of H-pyrrole nitrogens is 1. The molecule has 0 spiro atoms. The summed E-state index contributed by atoms with van der Waals surface area (Å²) >= 11 is 12.2. The molecule has 0 fully saturated rings. The second-order valence-electron chi connectivity index (χ2n) is 6.21. The molecule has 2 aromatic heterocycles. The zero-order valence-electron chi connectivity index (χ0n) is 14.8. The maximum Gasteiger partial charge on any atom is 0.347 e. The summed E-state index contributed by atoms with van der Waals surface area (Å²) in [5.41, 5.74) is 2.69. The zero-order valence-corrected chi connectivity index (χ0v) is 16.4. The Morgan fingerprint density at radius 3 is 2.63 bits per heavy atom. The van der Waals surface area contributed by atoms with E-state index in [1.807, 2.05) is 18.2 Å². The predicted molar refractivity (Wildman–Crippen MR) is 111 cm³/mol. The first kappa shape index (κ1) is 17.9. The van der Waals surface area contributed by atoms with E-state index in [1.165, 1.54) is 0 Å². The lowest BCUT2D eigenvalue weighted by atomic mass is 10.1. The number of hydrogen-bond donors (Lipinski definition) is 1. The van der Waals surface area contributed by atoms with E-state index in [0.717, 1.165) is 24.2 Å². The van der Waals surface area contributed by atoms with Crippen LogP contribution in [0.5, 0.6) is 0 Å². The number of nitrogens with zero attached hydrogens (tertiary/aromatic N) is 2. The van der Waals surface area contributed by atoms with Gasteiger partial charge in [0.1, 0.15) is 22.5 Å². The highest BCUT2D eigenvalue weighted by Gasteiger charge is 2.15. The van der Waals surface area contributed by atoms with Crippen molar-refractivity contribution in [1.82, 2.24) is 9.97 Å². The highest BCUT2D eigenvalue weighted by molar-refractivity contribution is 6.38. The molecule has 1 N–H and O–H groups in total. The van der Waals surface area contributed by atoms with Crippen molar-refractivity contribution in [3.8, 4) is 11.4 Å². The second kappa shape index (κ2) is 6.91. The molecule has 0 aliphatic carbocycles. The minimum absolute atomic E-state index is 0.349. The van der Waals surface area contributed by atoms with E-state index in [-0.39, 0.29) is 0 Å². The van der Waals surface area contributed by atoms with Crippen LogP contribution in [0.1, 0.15) is 13.8 Å². The van der Waals surface area contributed by atoms with Crippen LogP contribution in [0.2, 0.25) is 10.0 Å². The summed E-state index contributed by atoms with van der Waals surface area (Å²) in [4.78, 5) is 22.3. The number of imidazole rings is 1. The largest absolute Gasteiger partial charge is 0.422 e. The first-order valence-electron chi connectivity index (χ1n) is 8.68. The molecule has 138 valence electrons. The SMILES string of the molecule is CCN(CC)c1ccc2cc(-c3nc4c(Cl)cc(Cl)cc4[nH]3)c(=O)oc2c1. The van der Waals surface area contributed by atoms with Gasteiger partial charge in [-0.1, -0.05) is 23.2 Å². The molecule has 7 heteroatoms. The number of aromatic amines is 1. The molecule has 0 amide bonds. The van der Waals surface area contributed by atoms with E-state index in [2.05, 4.69) is 28.7 Å². The minimum Gasteiger partial charge on any atom is -0.422 e. The molecule has 4 aromatic rings. The lowest BCUT2D eigenvalue weighted by molar-refractivity contribution is 0.563. The van der Waals surface area contributed by atoms with Crippen LogP contribution in [0.4, 0.5) is 5.69 Å². The number of hydrogen-bond acceptors (Lipinski definition) is 4. The van der Waals surface area contributed by atoms with Gasteiger partial charge in [-0.05, 0) is 44.2 Å². The van der Waals surface area contributed by atoms with Crippen LogP contribution in [0.3, 0.4) is 0 Å². The maximum atomic E-state index is 12.6. The van der Waals surface area contributed by atoms with Crippen molar-refractivity contribution in [2.45, 2.75) is 13.8 Å². The highest BCUT2D eigenvalue weighted by Crippen LogP contribution is 2.29. The van der Waals surface area contributed by atoms with Crippen molar-refractivity contribution in [3.63, 3.8) is 0 Å². The molecule has 0 atom stereocenters. The van der Waals surface area contributed by atoms with Gasteiger partial charge in [0.2, 0.25) is 0 Å². The number of aromatic nitrogens is 2. The molecule has 27 heavy (non-hydrogen) atoms. The van der Waals surface area contributed by atoms with Crippen LogP contribution in [0.15, 0.2) is 45.6 Å². The molecule has 5 nitrogen and oxygen atoms in total. The summed E-state index contributed by atoms with van der Waals surface area (Å²) in [6.07, 6.45) is 0. The number of benzene rings is 2. The fourth-order valence-electron chi connectivity index (χ4n) is 3.22. The van der Waals surface area contributed by atoms with E-state index in [9.17, 15) is 4.79 Å². The number of halogens is 2. The Kier molecular flexibility index (Phi) is 4.58. The molecule has 0 bridgehead atoms. The molecular weight excluding hydrogens is 385 g/mol. The van der Waals surface area contributed by atoms with Crippen molar-refractivity contribution in [2.75, 3.05) is 18.0 Å². The molecule has 0 saturated heterocycles. The van der Waals surface area contributed by atoms with Crippen molar-refractivity contribution < 1.29 is 4.42 Å². The Labute approximate surface area is 165 Å². The molecule has 0 saturated carbocycles. The van der Waals surface area contributed by atoms with Gasteiger partial charge in [-0.2, -0.15) is 0 Å². The van der Waals surface area contributed by atoms with Crippen LogP contribution >= 0.6 is 23.2 Å². The number of nitrogens with one attached hydrogen (secondary N) is 1. The van der Waals surface area contributed by atoms with Crippen LogP contribution in [0, 0.1) is 0 Å². The van der Waals surface area contributed by atoms with Crippen LogP contribution in [-0.4, -0.2) is 23.1 Å². The van der Waals surface area contributed by atoms with E-state index >= 15 is 0 Å². The summed E-state index contributed by atoms with van der Waals surface area (Å²) in [5, 5.41) is 1.75. The van der Waals surface area contributed by atoms with Gasteiger partial charge in [-0.3, -0.25) is 0 Å².